The molecule has 0 aliphatic rings. The molecule has 1 N–H and O–H groups in total. The first kappa shape index (κ1) is 13.1. The van der Waals surface area contributed by atoms with Crippen molar-refractivity contribution in [2.45, 2.75) is 26.7 Å². The van der Waals surface area contributed by atoms with Crippen LogP contribution in [-0.2, 0) is 6.42 Å². The predicted octanol–water partition coefficient (Wildman–Crippen LogP) is 4.34. The van der Waals surface area contributed by atoms with Crippen LogP contribution >= 0.6 is 11.3 Å². The first-order valence-corrected chi connectivity index (χ1v) is 7.70. The summed E-state index contributed by atoms with van der Waals surface area (Å²) in [4.78, 5) is 11.7. The Morgan fingerprint density at radius 3 is 2.90 bits per heavy atom. The van der Waals surface area contributed by atoms with Gasteiger partial charge in [-0.1, -0.05) is 13.8 Å². The molecule has 0 saturated carbocycles. The first-order chi connectivity index (χ1) is 9.81. The van der Waals surface area contributed by atoms with Crippen molar-refractivity contribution in [1.82, 2.24) is 9.97 Å². The van der Waals surface area contributed by atoms with Gasteiger partial charge in [-0.15, -0.1) is 11.3 Å². The van der Waals surface area contributed by atoms with Crippen LogP contribution in [0.3, 0.4) is 0 Å². The molecule has 5 heteroatoms. The van der Waals surface area contributed by atoms with Crippen molar-refractivity contribution in [3.63, 3.8) is 0 Å². The number of fused-ring (bicyclic) bond motifs is 1. The smallest absolute Gasteiger partial charge is 0.166 e. The highest BCUT2D eigenvalue weighted by molar-refractivity contribution is 7.18. The second-order valence-electron chi connectivity index (χ2n) is 4.62. The Hall–Kier alpha value is -1.88. The van der Waals surface area contributed by atoms with Crippen LogP contribution in [0.1, 0.15) is 25.1 Å². The highest BCUT2D eigenvalue weighted by Crippen LogP contribution is 2.31. The Morgan fingerprint density at radius 1 is 1.30 bits per heavy atom. The fraction of sp³-hybridized carbons (Fsp3) is 0.333. The van der Waals surface area contributed by atoms with Crippen molar-refractivity contribution >= 4 is 27.4 Å². The standard InChI is InChI=1S/C15H17N3OS/c1-3-6-16-14-12-8-11(4-2)20-15(12)18-13(17-14)10-5-7-19-9-10/h5,7-9H,3-4,6H2,1-2H3,(H,16,17,18). The van der Waals surface area contributed by atoms with Gasteiger partial charge in [0.25, 0.3) is 0 Å². The van der Waals surface area contributed by atoms with Crippen molar-refractivity contribution in [1.29, 1.82) is 0 Å². The number of aryl methyl sites for hydroxylation is 1. The molecule has 4 nitrogen and oxygen atoms in total. The number of rotatable bonds is 5. The van der Waals surface area contributed by atoms with E-state index in [1.807, 2.05) is 6.07 Å². The van der Waals surface area contributed by atoms with E-state index in [9.17, 15) is 0 Å². The molecule has 0 saturated heterocycles. The van der Waals surface area contributed by atoms with Crippen LogP contribution in [0.2, 0.25) is 0 Å². The van der Waals surface area contributed by atoms with Crippen LogP contribution in [0, 0.1) is 0 Å². The summed E-state index contributed by atoms with van der Waals surface area (Å²) in [5, 5.41) is 4.52. The molecule has 3 aromatic heterocycles. The third-order valence-corrected chi connectivity index (χ3v) is 4.29. The molecule has 0 fully saturated rings. The number of hydrogen-bond donors (Lipinski definition) is 1. The maximum Gasteiger partial charge on any atom is 0.166 e. The number of anilines is 1. The van der Waals surface area contributed by atoms with Crippen LogP contribution in [-0.4, -0.2) is 16.5 Å². The predicted molar refractivity (Wildman–Crippen MR) is 83.3 cm³/mol. The Morgan fingerprint density at radius 2 is 2.20 bits per heavy atom. The van der Waals surface area contributed by atoms with E-state index in [1.165, 1.54) is 4.88 Å². The lowest BCUT2D eigenvalue weighted by molar-refractivity contribution is 0.568. The zero-order valence-electron chi connectivity index (χ0n) is 11.6. The summed E-state index contributed by atoms with van der Waals surface area (Å²) < 4.78 is 5.13. The lowest BCUT2D eigenvalue weighted by Crippen LogP contribution is -2.03. The molecule has 3 aromatic rings. The third kappa shape index (κ3) is 2.41. The summed E-state index contributed by atoms with van der Waals surface area (Å²) in [6.07, 6.45) is 5.42. The molecule has 0 aliphatic carbocycles. The first-order valence-electron chi connectivity index (χ1n) is 6.88. The molecule has 0 spiro atoms. The van der Waals surface area contributed by atoms with Gasteiger partial charge in [-0.2, -0.15) is 0 Å². The fourth-order valence-electron chi connectivity index (χ4n) is 2.04. The number of nitrogens with one attached hydrogen (secondary N) is 1. The number of thiophene rings is 1. The van der Waals surface area contributed by atoms with Gasteiger partial charge >= 0.3 is 0 Å². The minimum Gasteiger partial charge on any atom is -0.472 e. The normalized spacial score (nSPS) is 11.1. The molecular weight excluding hydrogens is 270 g/mol. The third-order valence-electron chi connectivity index (χ3n) is 3.11. The lowest BCUT2D eigenvalue weighted by atomic mass is 10.2. The van der Waals surface area contributed by atoms with E-state index in [0.717, 1.165) is 41.0 Å². The summed E-state index contributed by atoms with van der Waals surface area (Å²) in [5.74, 6) is 1.64. The van der Waals surface area contributed by atoms with Crippen LogP contribution in [0.25, 0.3) is 21.6 Å². The summed E-state index contributed by atoms with van der Waals surface area (Å²) in [6.45, 7) is 5.22. The van der Waals surface area contributed by atoms with Gasteiger partial charge in [0.15, 0.2) is 5.82 Å². The van der Waals surface area contributed by atoms with Gasteiger partial charge in [0, 0.05) is 11.4 Å². The van der Waals surface area contributed by atoms with E-state index in [4.69, 9.17) is 4.42 Å². The summed E-state index contributed by atoms with van der Waals surface area (Å²) in [5.41, 5.74) is 0.915. The molecule has 0 aliphatic heterocycles. The summed E-state index contributed by atoms with van der Waals surface area (Å²) in [6, 6.07) is 4.08. The number of nitrogens with zero attached hydrogens (tertiary/aromatic N) is 2. The average molecular weight is 287 g/mol. The molecule has 0 amide bonds. The van der Waals surface area contributed by atoms with Crippen LogP contribution in [0.4, 0.5) is 5.82 Å². The molecule has 20 heavy (non-hydrogen) atoms. The van der Waals surface area contributed by atoms with Crippen molar-refractivity contribution in [2.24, 2.45) is 0 Å². The van der Waals surface area contributed by atoms with Crippen molar-refractivity contribution < 1.29 is 4.42 Å². The van der Waals surface area contributed by atoms with E-state index in [1.54, 1.807) is 23.9 Å². The SMILES string of the molecule is CCCNc1nc(-c2ccoc2)nc2sc(CC)cc12. The van der Waals surface area contributed by atoms with Crippen molar-refractivity contribution in [3.05, 3.63) is 29.5 Å². The van der Waals surface area contributed by atoms with Gasteiger partial charge in [0.05, 0.1) is 17.2 Å². The van der Waals surface area contributed by atoms with Gasteiger partial charge in [-0.05, 0) is 25.0 Å². The van der Waals surface area contributed by atoms with Crippen LogP contribution < -0.4 is 5.32 Å². The second kappa shape index (κ2) is 5.63. The van der Waals surface area contributed by atoms with Crippen LogP contribution in [0.5, 0.6) is 0 Å². The van der Waals surface area contributed by atoms with Crippen molar-refractivity contribution in [2.75, 3.05) is 11.9 Å². The Kier molecular flexibility index (Phi) is 3.69. The molecule has 3 rings (SSSR count). The van der Waals surface area contributed by atoms with E-state index in [-0.39, 0.29) is 0 Å². The zero-order chi connectivity index (χ0) is 13.9. The zero-order valence-corrected chi connectivity index (χ0v) is 12.5. The fourth-order valence-corrected chi connectivity index (χ4v) is 3.01. The lowest BCUT2D eigenvalue weighted by Gasteiger charge is -2.06. The molecule has 0 radical (unpaired) electrons. The van der Waals surface area contributed by atoms with Crippen molar-refractivity contribution in [3.8, 4) is 11.4 Å². The number of hydrogen-bond acceptors (Lipinski definition) is 5. The van der Waals surface area contributed by atoms with Gasteiger partial charge in [0.2, 0.25) is 0 Å². The largest absolute Gasteiger partial charge is 0.472 e. The topological polar surface area (TPSA) is 51.0 Å². The molecule has 3 heterocycles. The van der Waals surface area contributed by atoms with Gasteiger partial charge in [-0.3, -0.25) is 0 Å². The monoisotopic (exact) mass is 287 g/mol. The Balaban J connectivity index is 2.13. The number of furan rings is 1. The molecule has 0 atom stereocenters. The van der Waals surface area contributed by atoms with Crippen LogP contribution in [0.15, 0.2) is 29.1 Å². The molecule has 0 bridgehead atoms. The maximum absolute atomic E-state index is 5.13. The summed E-state index contributed by atoms with van der Waals surface area (Å²) in [7, 11) is 0. The summed E-state index contributed by atoms with van der Waals surface area (Å²) >= 11 is 1.73. The number of aromatic nitrogens is 2. The minimum absolute atomic E-state index is 0.717. The highest BCUT2D eigenvalue weighted by Gasteiger charge is 2.12. The van der Waals surface area contributed by atoms with E-state index in [2.05, 4.69) is 35.2 Å². The quantitative estimate of drug-likeness (QED) is 0.758. The van der Waals surface area contributed by atoms with E-state index >= 15 is 0 Å². The molecule has 104 valence electrons. The van der Waals surface area contributed by atoms with Gasteiger partial charge in [-0.25, -0.2) is 9.97 Å². The highest BCUT2D eigenvalue weighted by atomic mass is 32.1. The molecule has 0 aromatic carbocycles. The van der Waals surface area contributed by atoms with E-state index in [0.29, 0.717) is 5.82 Å². The maximum atomic E-state index is 5.13. The Bertz CT molecular complexity index is 703. The van der Waals surface area contributed by atoms with Gasteiger partial charge in [0.1, 0.15) is 16.9 Å². The minimum atomic E-state index is 0.717. The second-order valence-corrected chi connectivity index (χ2v) is 5.73. The van der Waals surface area contributed by atoms with E-state index < -0.39 is 0 Å². The molecule has 0 unspecified atom stereocenters. The molecular formula is C15H17N3OS. The Labute approximate surface area is 121 Å². The van der Waals surface area contributed by atoms with Gasteiger partial charge < -0.3 is 9.73 Å². The average Bonchev–Trinajstić information content (AvgIpc) is 3.12.